The molecule has 0 aliphatic carbocycles. The topological polar surface area (TPSA) is 46.2 Å². The highest BCUT2D eigenvalue weighted by atomic mass is 79.9. The third kappa shape index (κ3) is 4.05. The molecule has 0 saturated heterocycles. The average molecular weight is 327 g/mol. The van der Waals surface area contributed by atoms with Crippen molar-refractivity contribution in [3.05, 3.63) is 34.9 Å². The molecule has 1 rings (SSSR count). The summed E-state index contributed by atoms with van der Waals surface area (Å²) in [6.07, 6.45) is 0.688. The summed E-state index contributed by atoms with van der Waals surface area (Å²) < 4.78 is 25.4. The summed E-state index contributed by atoms with van der Waals surface area (Å²) >= 11 is 8.71. The summed E-state index contributed by atoms with van der Waals surface area (Å²) in [7, 11) is -3.26. The van der Waals surface area contributed by atoms with Gasteiger partial charge in [0.15, 0.2) is 0 Å². The molecule has 0 spiro atoms. The Kier molecular flexibility index (Phi) is 5.24. The fourth-order valence-electron chi connectivity index (χ4n) is 1.33. The molecule has 0 fully saturated rings. The highest BCUT2D eigenvalue weighted by Crippen LogP contribution is 2.20. The molecule has 0 aromatic heterocycles. The number of sulfonamides is 1. The molecule has 1 aromatic carbocycles. The summed E-state index contributed by atoms with van der Waals surface area (Å²) in [4.78, 5) is 0. The van der Waals surface area contributed by atoms with Crippen LogP contribution in [0.15, 0.2) is 24.3 Å². The standard InChI is InChI=1S/C10H13BrClNO2S/c1-2-10(13-16(14,15)7-11)8-3-5-9(12)6-4-8/h3-6,10,13H,2,7H2,1H3. The monoisotopic (exact) mass is 325 g/mol. The van der Waals surface area contributed by atoms with Gasteiger partial charge in [-0.3, -0.25) is 0 Å². The predicted molar refractivity (Wildman–Crippen MR) is 70.3 cm³/mol. The minimum atomic E-state index is -3.26. The maximum Gasteiger partial charge on any atom is 0.222 e. The second-order valence-electron chi connectivity index (χ2n) is 3.35. The highest BCUT2D eigenvalue weighted by molar-refractivity contribution is 9.10. The summed E-state index contributed by atoms with van der Waals surface area (Å²) in [5, 5.41) is 0.641. The lowest BCUT2D eigenvalue weighted by Crippen LogP contribution is -2.28. The fourth-order valence-corrected chi connectivity index (χ4v) is 2.65. The highest BCUT2D eigenvalue weighted by Gasteiger charge is 2.16. The van der Waals surface area contributed by atoms with Gasteiger partial charge in [0.1, 0.15) is 4.66 Å². The normalized spacial score (nSPS) is 13.7. The third-order valence-electron chi connectivity index (χ3n) is 2.15. The number of halogens is 2. The van der Waals surface area contributed by atoms with Gasteiger partial charge >= 0.3 is 0 Å². The van der Waals surface area contributed by atoms with Gasteiger partial charge in [0, 0.05) is 11.1 Å². The molecule has 3 nitrogen and oxygen atoms in total. The summed E-state index contributed by atoms with van der Waals surface area (Å²) in [6, 6.07) is 6.95. The minimum Gasteiger partial charge on any atom is -0.212 e. The number of nitrogens with one attached hydrogen (secondary N) is 1. The second kappa shape index (κ2) is 6.00. The lowest BCUT2D eigenvalue weighted by atomic mass is 10.1. The largest absolute Gasteiger partial charge is 0.222 e. The van der Waals surface area contributed by atoms with Gasteiger partial charge < -0.3 is 0 Å². The number of benzene rings is 1. The Labute approximate surface area is 109 Å². The lowest BCUT2D eigenvalue weighted by Gasteiger charge is -2.16. The zero-order chi connectivity index (χ0) is 12.2. The molecule has 1 aromatic rings. The zero-order valence-electron chi connectivity index (χ0n) is 8.78. The first kappa shape index (κ1) is 14.0. The minimum absolute atomic E-state index is 0.0932. The van der Waals surface area contributed by atoms with Crippen LogP contribution < -0.4 is 4.72 Å². The molecule has 1 atom stereocenters. The molecule has 0 amide bonds. The van der Waals surface area contributed by atoms with Crippen molar-refractivity contribution in [3.63, 3.8) is 0 Å². The Morgan fingerprint density at radius 1 is 1.38 bits per heavy atom. The molecule has 6 heteroatoms. The van der Waals surface area contributed by atoms with Gasteiger partial charge in [-0.2, -0.15) is 0 Å². The van der Waals surface area contributed by atoms with E-state index in [1.54, 1.807) is 12.1 Å². The Morgan fingerprint density at radius 2 is 1.94 bits per heavy atom. The van der Waals surface area contributed by atoms with E-state index in [2.05, 4.69) is 20.7 Å². The summed E-state index contributed by atoms with van der Waals surface area (Å²) in [5.74, 6) is 0. The molecule has 90 valence electrons. The van der Waals surface area contributed by atoms with Crippen molar-refractivity contribution in [3.8, 4) is 0 Å². The van der Waals surface area contributed by atoms with Crippen molar-refractivity contribution in [2.24, 2.45) is 0 Å². The van der Waals surface area contributed by atoms with E-state index in [1.807, 2.05) is 19.1 Å². The Balaban J connectivity index is 2.87. The number of rotatable bonds is 5. The van der Waals surface area contributed by atoms with Crippen LogP contribution in [0.1, 0.15) is 24.9 Å². The van der Waals surface area contributed by atoms with Crippen LogP contribution in [0.25, 0.3) is 0 Å². The average Bonchev–Trinajstić information content (AvgIpc) is 2.27. The van der Waals surface area contributed by atoms with Crippen LogP contribution in [-0.2, 0) is 10.0 Å². The van der Waals surface area contributed by atoms with E-state index in [4.69, 9.17) is 11.6 Å². The number of alkyl halides is 1. The Hall–Kier alpha value is -0.100. The van der Waals surface area contributed by atoms with Gasteiger partial charge in [0.25, 0.3) is 0 Å². The summed E-state index contributed by atoms with van der Waals surface area (Å²) in [6.45, 7) is 1.93. The van der Waals surface area contributed by atoms with Crippen LogP contribution in [-0.4, -0.2) is 13.1 Å². The van der Waals surface area contributed by atoms with Crippen molar-refractivity contribution in [1.82, 2.24) is 4.72 Å². The first-order valence-electron chi connectivity index (χ1n) is 4.80. The molecular formula is C10H13BrClNO2S. The van der Waals surface area contributed by atoms with E-state index in [-0.39, 0.29) is 10.7 Å². The van der Waals surface area contributed by atoms with Crippen molar-refractivity contribution in [1.29, 1.82) is 0 Å². The Morgan fingerprint density at radius 3 is 2.38 bits per heavy atom. The SMILES string of the molecule is CCC(NS(=O)(=O)CBr)c1ccc(Cl)cc1. The molecule has 0 saturated carbocycles. The van der Waals surface area contributed by atoms with Crippen LogP contribution in [0.5, 0.6) is 0 Å². The van der Waals surface area contributed by atoms with Crippen LogP contribution in [0.3, 0.4) is 0 Å². The van der Waals surface area contributed by atoms with Crippen molar-refractivity contribution in [2.75, 3.05) is 4.66 Å². The number of hydrogen-bond acceptors (Lipinski definition) is 2. The molecule has 16 heavy (non-hydrogen) atoms. The molecule has 1 unspecified atom stereocenters. The second-order valence-corrected chi connectivity index (χ2v) is 6.85. The molecule has 0 radical (unpaired) electrons. The lowest BCUT2D eigenvalue weighted by molar-refractivity contribution is 0.555. The smallest absolute Gasteiger partial charge is 0.212 e. The Bertz CT molecular complexity index is 433. The van der Waals surface area contributed by atoms with E-state index < -0.39 is 10.0 Å². The van der Waals surface area contributed by atoms with Crippen LogP contribution in [0.4, 0.5) is 0 Å². The molecular weight excluding hydrogens is 314 g/mol. The zero-order valence-corrected chi connectivity index (χ0v) is 11.9. The molecule has 0 heterocycles. The van der Waals surface area contributed by atoms with Crippen molar-refractivity contribution < 1.29 is 8.42 Å². The van der Waals surface area contributed by atoms with E-state index in [1.165, 1.54) is 0 Å². The third-order valence-corrected chi connectivity index (χ3v) is 5.14. The summed E-state index contributed by atoms with van der Waals surface area (Å²) in [5.41, 5.74) is 0.913. The van der Waals surface area contributed by atoms with Crippen molar-refractivity contribution in [2.45, 2.75) is 19.4 Å². The van der Waals surface area contributed by atoms with Gasteiger partial charge in [0.2, 0.25) is 10.0 Å². The van der Waals surface area contributed by atoms with E-state index in [0.717, 1.165) is 5.56 Å². The molecule has 1 N–H and O–H groups in total. The van der Waals surface area contributed by atoms with Gasteiger partial charge in [-0.15, -0.1) is 0 Å². The van der Waals surface area contributed by atoms with Crippen LogP contribution in [0, 0.1) is 0 Å². The maximum atomic E-state index is 11.4. The van der Waals surface area contributed by atoms with Gasteiger partial charge in [0.05, 0.1) is 0 Å². The van der Waals surface area contributed by atoms with Gasteiger partial charge in [-0.25, -0.2) is 13.1 Å². The maximum absolute atomic E-state index is 11.4. The van der Waals surface area contributed by atoms with Crippen LogP contribution in [0.2, 0.25) is 5.02 Å². The van der Waals surface area contributed by atoms with Gasteiger partial charge in [-0.1, -0.05) is 46.6 Å². The fraction of sp³-hybridized carbons (Fsp3) is 0.400. The first-order chi connectivity index (χ1) is 7.48. The van der Waals surface area contributed by atoms with Crippen LogP contribution >= 0.6 is 27.5 Å². The van der Waals surface area contributed by atoms with E-state index in [9.17, 15) is 8.42 Å². The number of hydrogen-bond donors (Lipinski definition) is 1. The van der Waals surface area contributed by atoms with E-state index in [0.29, 0.717) is 11.4 Å². The van der Waals surface area contributed by atoms with Gasteiger partial charge in [-0.05, 0) is 24.1 Å². The molecule has 0 aliphatic rings. The van der Waals surface area contributed by atoms with Crippen molar-refractivity contribution >= 4 is 37.6 Å². The quantitative estimate of drug-likeness (QED) is 0.845. The molecule has 0 aliphatic heterocycles. The predicted octanol–water partition coefficient (Wildman–Crippen LogP) is 3.06. The first-order valence-corrected chi connectivity index (χ1v) is 7.95. The van der Waals surface area contributed by atoms with E-state index >= 15 is 0 Å². The molecule has 0 bridgehead atoms.